The topological polar surface area (TPSA) is 79.4 Å². The third-order valence-electron chi connectivity index (χ3n) is 5.62. The standard InChI is InChI=1S/C22H23N3O3S2/c1-25(2)30(27,28)18-11-9-16(10-12-18)19-15-29-21(23-19)24-20(26)22(13-6-14-22)17-7-4-3-5-8-17/h3-5,7-12,15H,6,13-14H2,1-2H3,(H,23,24,26). The molecule has 0 radical (unpaired) electrons. The average Bonchev–Trinajstić information content (AvgIpc) is 3.16. The van der Waals surface area contributed by atoms with Crippen LogP contribution in [0.4, 0.5) is 5.13 Å². The van der Waals surface area contributed by atoms with Gasteiger partial charge < -0.3 is 5.32 Å². The molecular formula is C22H23N3O3S2. The zero-order valence-corrected chi connectivity index (χ0v) is 18.5. The molecule has 156 valence electrons. The van der Waals surface area contributed by atoms with Gasteiger partial charge in [-0.15, -0.1) is 11.3 Å². The molecule has 30 heavy (non-hydrogen) atoms. The van der Waals surface area contributed by atoms with Crippen molar-refractivity contribution in [2.24, 2.45) is 0 Å². The van der Waals surface area contributed by atoms with Crippen LogP contribution >= 0.6 is 11.3 Å². The fourth-order valence-corrected chi connectivity index (χ4v) is 5.24. The Morgan fingerprint density at radius 2 is 1.73 bits per heavy atom. The molecule has 0 spiro atoms. The highest BCUT2D eigenvalue weighted by atomic mass is 32.2. The van der Waals surface area contributed by atoms with Gasteiger partial charge in [-0.2, -0.15) is 0 Å². The maximum atomic E-state index is 13.1. The molecule has 6 nitrogen and oxygen atoms in total. The third-order valence-corrected chi connectivity index (χ3v) is 8.21. The van der Waals surface area contributed by atoms with Gasteiger partial charge in [0, 0.05) is 25.0 Å². The molecular weight excluding hydrogens is 418 g/mol. The number of aromatic nitrogens is 1. The lowest BCUT2D eigenvalue weighted by molar-refractivity contribution is -0.124. The van der Waals surface area contributed by atoms with Crippen molar-refractivity contribution in [3.05, 3.63) is 65.5 Å². The van der Waals surface area contributed by atoms with Gasteiger partial charge in [0.1, 0.15) is 0 Å². The first-order chi connectivity index (χ1) is 14.3. The minimum atomic E-state index is -3.47. The molecule has 1 N–H and O–H groups in total. The first kappa shape index (κ1) is 20.7. The summed E-state index contributed by atoms with van der Waals surface area (Å²) >= 11 is 1.36. The number of thiazole rings is 1. The largest absolute Gasteiger partial charge is 0.301 e. The van der Waals surface area contributed by atoms with Crippen molar-refractivity contribution >= 4 is 32.4 Å². The number of anilines is 1. The Bertz CT molecular complexity index is 1150. The summed E-state index contributed by atoms with van der Waals surface area (Å²) in [5, 5.41) is 5.40. The van der Waals surface area contributed by atoms with E-state index in [0.717, 1.165) is 30.4 Å². The third kappa shape index (κ3) is 3.66. The highest BCUT2D eigenvalue weighted by molar-refractivity contribution is 7.89. The highest BCUT2D eigenvalue weighted by Crippen LogP contribution is 2.44. The molecule has 3 aromatic rings. The van der Waals surface area contributed by atoms with Crippen LogP contribution in [0.5, 0.6) is 0 Å². The van der Waals surface area contributed by atoms with Crippen molar-refractivity contribution in [1.29, 1.82) is 0 Å². The number of amides is 1. The molecule has 1 aromatic heterocycles. The Morgan fingerprint density at radius 1 is 1.07 bits per heavy atom. The van der Waals surface area contributed by atoms with E-state index >= 15 is 0 Å². The highest BCUT2D eigenvalue weighted by Gasteiger charge is 2.45. The van der Waals surface area contributed by atoms with Gasteiger partial charge in [0.25, 0.3) is 0 Å². The van der Waals surface area contributed by atoms with Gasteiger partial charge in [0.2, 0.25) is 15.9 Å². The van der Waals surface area contributed by atoms with E-state index in [1.54, 1.807) is 24.3 Å². The number of nitrogens with one attached hydrogen (secondary N) is 1. The van der Waals surface area contributed by atoms with Crippen LogP contribution < -0.4 is 5.32 Å². The van der Waals surface area contributed by atoms with Gasteiger partial charge in [-0.1, -0.05) is 48.9 Å². The molecule has 1 aliphatic carbocycles. The molecule has 1 heterocycles. The van der Waals surface area contributed by atoms with E-state index in [-0.39, 0.29) is 10.8 Å². The maximum absolute atomic E-state index is 13.1. The molecule has 0 atom stereocenters. The van der Waals surface area contributed by atoms with Gasteiger partial charge in [0.05, 0.1) is 16.0 Å². The Hall–Kier alpha value is -2.55. The van der Waals surface area contributed by atoms with Gasteiger partial charge in [-0.05, 0) is 30.5 Å². The summed E-state index contributed by atoms with van der Waals surface area (Å²) in [4.78, 5) is 17.8. The summed E-state index contributed by atoms with van der Waals surface area (Å²) in [7, 11) is -0.461. The maximum Gasteiger partial charge on any atom is 0.242 e. The van der Waals surface area contributed by atoms with Crippen LogP contribution in [0.3, 0.4) is 0 Å². The Balaban J connectivity index is 1.52. The van der Waals surface area contributed by atoms with Crippen molar-refractivity contribution < 1.29 is 13.2 Å². The lowest BCUT2D eigenvalue weighted by Gasteiger charge is -2.40. The SMILES string of the molecule is CN(C)S(=O)(=O)c1ccc(-c2csc(NC(=O)C3(c4ccccc4)CCC3)n2)cc1. The molecule has 1 amide bonds. The van der Waals surface area contributed by atoms with Crippen LogP contribution in [0.2, 0.25) is 0 Å². The van der Waals surface area contributed by atoms with E-state index in [1.807, 2.05) is 35.7 Å². The van der Waals surface area contributed by atoms with Crippen LogP contribution in [-0.4, -0.2) is 37.7 Å². The number of sulfonamides is 1. The van der Waals surface area contributed by atoms with E-state index in [4.69, 9.17) is 0 Å². The molecule has 1 fully saturated rings. The summed E-state index contributed by atoms with van der Waals surface area (Å²) in [5.74, 6) is -0.0201. The first-order valence-corrected chi connectivity index (χ1v) is 12.0. The van der Waals surface area contributed by atoms with E-state index in [9.17, 15) is 13.2 Å². The van der Waals surface area contributed by atoms with Crippen LogP contribution in [0, 0.1) is 0 Å². The monoisotopic (exact) mass is 441 g/mol. The fraction of sp³-hybridized carbons (Fsp3) is 0.273. The predicted octanol–water partition coefficient (Wildman–Crippen LogP) is 4.12. The first-order valence-electron chi connectivity index (χ1n) is 9.68. The molecule has 0 bridgehead atoms. The summed E-state index contributed by atoms with van der Waals surface area (Å²) in [6.07, 6.45) is 2.71. The molecule has 0 saturated heterocycles. The zero-order chi connectivity index (χ0) is 21.4. The minimum absolute atomic E-state index is 0.0201. The number of nitrogens with zero attached hydrogens (tertiary/aromatic N) is 2. The van der Waals surface area contributed by atoms with Crippen molar-refractivity contribution in [1.82, 2.24) is 9.29 Å². The molecule has 1 saturated carbocycles. The summed E-state index contributed by atoms with van der Waals surface area (Å²) < 4.78 is 25.6. The Morgan fingerprint density at radius 3 is 2.30 bits per heavy atom. The van der Waals surface area contributed by atoms with E-state index < -0.39 is 15.4 Å². The predicted molar refractivity (Wildman–Crippen MR) is 119 cm³/mol. The fourth-order valence-electron chi connectivity index (χ4n) is 3.62. The number of hydrogen-bond acceptors (Lipinski definition) is 5. The molecule has 1 aliphatic rings. The summed E-state index contributed by atoms with van der Waals surface area (Å²) in [5.41, 5.74) is 2.07. The van der Waals surface area contributed by atoms with Gasteiger partial charge in [0.15, 0.2) is 5.13 Å². The van der Waals surface area contributed by atoms with Gasteiger partial charge in [-0.25, -0.2) is 17.7 Å². The molecule has 8 heteroatoms. The molecule has 4 rings (SSSR count). The van der Waals surface area contributed by atoms with Crippen LogP contribution in [0.25, 0.3) is 11.3 Å². The van der Waals surface area contributed by atoms with Gasteiger partial charge >= 0.3 is 0 Å². The number of benzene rings is 2. The lowest BCUT2D eigenvalue weighted by Crippen LogP contribution is -2.45. The zero-order valence-electron chi connectivity index (χ0n) is 16.8. The lowest BCUT2D eigenvalue weighted by atomic mass is 9.64. The minimum Gasteiger partial charge on any atom is -0.301 e. The van der Waals surface area contributed by atoms with Crippen molar-refractivity contribution in [2.75, 3.05) is 19.4 Å². The summed E-state index contributed by atoms with van der Waals surface area (Å²) in [6, 6.07) is 16.5. The number of hydrogen-bond donors (Lipinski definition) is 1. The second kappa shape index (κ2) is 7.94. The Kier molecular flexibility index (Phi) is 5.48. The van der Waals surface area contributed by atoms with E-state index in [1.165, 1.54) is 29.7 Å². The molecule has 0 aliphatic heterocycles. The molecule has 0 unspecified atom stereocenters. The van der Waals surface area contributed by atoms with Crippen molar-refractivity contribution in [3.8, 4) is 11.3 Å². The van der Waals surface area contributed by atoms with Crippen molar-refractivity contribution in [3.63, 3.8) is 0 Å². The second-order valence-corrected chi connectivity index (χ2v) is 10.6. The number of rotatable bonds is 6. The van der Waals surface area contributed by atoms with E-state index in [2.05, 4.69) is 10.3 Å². The summed E-state index contributed by atoms with van der Waals surface area (Å²) in [6.45, 7) is 0. The van der Waals surface area contributed by atoms with Crippen LogP contribution in [-0.2, 0) is 20.2 Å². The van der Waals surface area contributed by atoms with Gasteiger partial charge in [-0.3, -0.25) is 4.79 Å². The number of carbonyl (C=O) groups is 1. The Labute approximate surface area is 180 Å². The smallest absolute Gasteiger partial charge is 0.242 e. The average molecular weight is 442 g/mol. The normalized spacial score (nSPS) is 15.6. The number of carbonyl (C=O) groups excluding carboxylic acids is 1. The van der Waals surface area contributed by atoms with E-state index in [0.29, 0.717) is 10.8 Å². The quantitative estimate of drug-likeness (QED) is 0.624. The second-order valence-electron chi connectivity index (χ2n) is 7.61. The van der Waals surface area contributed by atoms with Crippen LogP contribution in [0.1, 0.15) is 24.8 Å². The molecule has 2 aromatic carbocycles. The van der Waals surface area contributed by atoms with Crippen LogP contribution in [0.15, 0.2) is 64.9 Å². The van der Waals surface area contributed by atoms with Crippen molar-refractivity contribution in [2.45, 2.75) is 29.6 Å².